The van der Waals surface area contributed by atoms with Crippen molar-refractivity contribution in [3.63, 3.8) is 0 Å². The van der Waals surface area contributed by atoms with Crippen molar-refractivity contribution in [1.82, 2.24) is 0 Å². The molecule has 4 aromatic rings. The second-order valence-electron chi connectivity index (χ2n) is 11.1. The summed E-state index contributed by atoms with van der Waals surface area (Å²) in [7, 11) is 1.37. The molecule has 1 aliphatic heterocycles. The molecule has 5 N–H and O–H groups in total. The zero-order chi connectivity index (χ0) is 33.2. The Labute approximate surface area is 263 Å². The average molecular weight is 629 g/mol. The third-order valence-electron chi connectivity index (χ3n) is 7.53. The lowest BCUT2D eigenvalue weighted by Gasteiger charge is -2.47. The highest BCUT2D eigenvalue weighted by molar-refractivity contribution is 6.06. The number of carbonyl (C=O) groups excluding carboxylic acids is 2. The Morgan fingerprint density at radius 1 is 1.00 bits per heavy atom. The van der Waals surface area contributed by atoms with E-state index in [0.29, 0.717) is 5.56 Å². The molecule has 0 bridgehead atoms. The van der Waals surface area contributed by atoms with E-state index >= 15 is 0 Å². The van der Waals surface area contributed by atoms with Crippen molar-refractivity contribution in [2.75, 3.05) is 12.4 Å². The molecule has 1 aromatic heterocycles. The van der Waals surface area contributed by atoms with Crippen LogP contribution < -0.4 is 21.4 Å². The minimum absolute atomic E-state index is 0.0244. The van der Waals surface area contributed by atoms with Crippen molar-refractivity contribution in [3.05, 3.63) is 99.4 Å². The molecule has 0 aliphatic carbocycles. The fourth-order valence-corrected chi connectivity index (χ4v) is 5.23. The maximum atomic E-state index is 13.0. The van der Waals surface area contributed by atoms with Crippen LogP contribution in [0.5, 0.6) is 11.5 Å². The lowest BCUT2D eigenvalue weighted by Crippen LogP contribution is -2.65. The molecule has 2 amide bonds. The molecule has 5 rings (SSSR count). The predicted octanol–water partition coefficient (Wildman–Crippen LogP) is 3.81. The van der Waals surface area contributed by atoms with Gasteiger partial charge in [0.1, 0.15) is 17.4 Å². The Morgan fingerprint density at radius 2 is 1.65 bits per heavy atom. The van der Waals surface area contributed by atoms with E-state index < -0.39 is 59.3 Å². The number of nitrogens with one attached hydrogen (secondary N) is 1. The number of anilines is 1. The number of nitrogens with two attached hydrogens (primary N) is 1. The first-order valence-electron chi connectivity index (χ1n) is 14.2. The molecule has 12 nitrogen and oxygen atoms in total. The topological polar surface area (TPSA) is 180 Å². The molecule has 238 valence electrons. The second-order valence-corrected chi connectivity index (χ2v) is 11.1. The SMILES string of the molecule is CO[C@@H]1[C@@H](OC(N)=O)[C@@H](O)[C@H](Oc2ccc3c(O)c(NC(=O)c4ccc(C#Cc5ccccc5)cc4)c(=O)oc3c2C)OC1(C)C. The van der Waals surface area contributed by atoms with Gasteiger partial charge in [-0.15, -0.1) is 0 Å². The number of aliphatic hydroxyl groups is 1. The summed E-state index contributed by atoms with van der Waals surface area (Å²) in [6, 6.07) is 18.8. The maximum Gasteiger partial charge on any atom is 0.404 e. The largest absolute Gasteiger partial charge is 0.505 e. The van der Waals surface area contributed by atoms with Crippen molar-refractivity contribution in [1.29, 1.82) is 0 Å². The van der Waals surface area contributed by atoms with Crippen LogP contribution in [0.1, 0.15) is 40.9 Å². The van der Waals surface area contributed by atoms with E-state index in [1.165, 1.54) is 19.2 Å². The quantitative estimate of drug-likeness (QED) is 0.181. The Morgan fingerprint density at radius 3 is 2.28 bits per heavy atom. The summed E-state index contributed by atoms with van der Waals surface area (Å²) in [5.41, 5.74) is 4.70. The van der Waals surface area contributed by atoms with Crippen LogP contribution in [0.15, 0.2) is 75.9 Å². The van der Waals surface area contributed by atoms with Crippen LogP contribution in [0.4, 0.5) is 10.5 Å². The van der Waals surface area contributed by atoms with Crippen molar-refractivity contribution >= 4 is 28.7 Å². The van der Waals surface area contributed by atoms with Crippen LogP contribution in [0.3, 0.4) is 0 Å². The Kier molecular flexibility index (Phi) is 9.02. The summed E-state index contributed by atoms with van der Waals surface area (Å²) in [5.74, 6) is 5.04. The lowest BCUT2D eigenvalue weighted by atomic mass is 9.89. The number of fused-ring (bicyclic) bond motifs is 1. The number of hydrogen-bond acceptors (Lipinski definition) is 10. The smallest absolute Gasteiger partial charge is 0.404 e. The molecule has 1 saturated heterocycles. The fourth-order valence-electron chi connectivity index (χ4n) is 5.23. The molecular formula is C34H32N2O10. The number of methoxy groups -OCH3 is 1. The Hall–Kier alpha value is -5.35. The van der Waals surface area contributed by atoms with Crippen molar-refractivity contribution in [2.24, 2.45) is 5.73 Å². The van der Waals surface area contributed by atoms with Gasteiger partial charge in [-0.3, -0.25) is 4.79 Å². The zero-order valence-corrected chi connectivity index (χ0v) is 25.4. The summed E-state index contributed by atoms with van der Waals surface area (Å²) in [4.78, 5) is 37.5. The summed E-state index contributed by atoms with van der Waals surface area (Å²) in [5, 5.41) is 24.5. The van der Waals surface area contributed by atoms with E-state index in [9.17, 15) is 24.6 Å². The molecule has 0 spiro atoms. The molecule has 4 atom stereocenters. The first-order valence-corrected chi connectivity index (χ1v) is 14.2. The summed E-state index contributed by atoms with van der Waals surface area (Å²) >= 11 is 0. The molecule has 1 fully saturated rings. The van der Waals surface area contributed by atoms with Crippen molar-refractivity contribution in [3.8, 4) is 23.3 Å². The van der Waals surface area contributed by atoms with Gasteiger partial charge in [0.15, 0.2) is 23.6 Å². The highest BCUT2D eigenvalue weighted by Gasteiger charge is 2.53. The molecule has 1 aliphatic rings. The van der Waals surface area contributed by atoms with E-state index in [1.54, 1.807) is 45.0 Å². The third kappa shape index (κ3) is 6.52. The van der Waals surface area contributed by atoms with Gasteiger partial charge in [-0.05, 0) is 69.3 Å². The number of primary amides is 1. The van der Waals surface area contributed by atoms with Crippen molar-refractivity contribution in [2.45, 2.75) is 51.0 Å². The maximum absolute atomic E-state index is 13.0. The molecular weight excluding hydrogens is 596 g/mol. The van der Waals surface area contributed by atoms with E-state index in [2.05, 4.69) is 17.2 Å². The van der Waals surface area contributed by atoms with Gasteiger partial charge in [-0.25, -0.2) is 9.59 Å². The number of benzene rings is 3. The van der Waals surface area contributed by atoms with Crippen LogP contribution in [0, 0.1) is 18.8 Å². The van der Waals surface area contributed by atoms with E-state index in [1.807, 2.05) is 30.3 Å². The molecule has 3 aromatic carbocycles. The molecule has 2 heterocycles. The minimum Gasteiger partial charge on any atom is -0.505 e. The van der Waals surface area contributed by atoms with Crippen LogP contribution in [-0.2, 0) is 14.2 Å². The molecule has 0 saturated carbocycles. The molecule has 0 unspecified atom stereocenters. The normalized spacial score (nSPS) is 20.3. The van der Waals surface area contributed by atoms with Gasteiger partial charge in [-0.2, -0.15) is 0 Å². The van der Waals surface area contributed by atoms with Crippen LogP contribution in [0.2, 0.25) is 0 Å². The highest BCUT2D eigenvalue weighted by Crippen LogP contribution is 2.38. The summed E-state index contributed by atoms with van der Waals surface area (Å²) < 4.78 is 27.9. The number of carbonyl (C=O) groups is 2. The predicted molar refractivity (Wildman–Crippen MR) is 167 cm³/mol. The summed E-state index contributed by atoms with van der Waals surface area (Å²) in [6.45, 7) is 4.89. The third-order valence-corrected chi connectivity index (χ3v) is 7.53. The minimum atomic E-state index is -1.51. The van der Waals surface area contributed by atoms with Gasteiger partial charge in [-0.1, -0.05) is 30.0 Å². The number of ether oxygens (including phenoxy) is 4. The van der Waals surface area contributed by atoms with E-state index in [0.717, 1.165) is 5.56 Å². The summed E-state index contributed by atoms with van der Waals surface area (Å²) in [6.07, 6.45) is -6.07. The van der Waals surface area contributed by atoms with Gasteiger partial charge in [0.2, 0.25) is 6.29 Å². The molecule has 12 heteroatoms. The van der Waals surface area contributed by atoms with Crippen molar-refractivity contribution < 1.29 is 43.2 Å². The number of aromatic hydroxyl groups is 1. The van der Waals surface area contributed by atoms with E-state index in [4.69, 9.17) is 29.1 Å². The van der Waals surface area contributed by atoms with Gasteiger partial charge in [0.25, 0.3) is 5.91 Å². The van der Waals surface area contributed by atoms with Crippen LogP contribution in [0.25, 0.3) is 11.0 Å². The standard InChI is InChI=1S/C34H32N2O10/c1-18-23(43-32-26(38)28(45-33(35)41)29(42-4)34(2,3)46-32)17-16-22-25(37)24(31(40)44-27(18)22)36-30(39)21-14-12-20(13-15-21)11-10-19-8-6-5-7-9-19/h5-9,12-17,26,28-29,32,37-38H,1-4H3,(H2,35,41)(H,36,39)/t26-,28+,29-,32-/m1/s1. The first-order chi connectivity index (χ1) is 21.9. The van der Waals surface area contributed by atoms with Gasteiger partial charge < -0.3 is 44.6 Å². The lowest BCUT2D eigenvalue weighted by molar-refractivity contribution is -0.304. The van der Waals surface area contributed by atoms with Gasteiger partial charge in [0.05, 0.1) is 11.0 Å². The Bertz CT molecular complexity index is 1890. The molecule has 0 radical (unpaired) electrons. The monoisotopic (exact) mass is 628 g/mol. The fraction of sp³-hybridized carbons (Fsp3) is 0.265. The van der Waals surface area contributed by atoms with E-state index in [-0.39, 0.29) is 27.8 Å². The zero-order valence-electron chi connectivity index (χ0n) is 25.4. The second kappa shape index (κ2) is 12.9. The number of aryl methyl sites for hydroxylation is 1. The average Bonchev–Trinajstić information content (AvgIpc) is 3.02. The number of hydrogen-bond donors (Lipinski definition) is 4. The number of amides is 2. The molecule has 46 heavy (non-hydrogen) atoms. The number of rotatable bonds is 6. The van der Waals surface area contributed by atoms with Crippen LogP contribution >= 0.6 is 0 Å². The Balaban J connectivity index is 1.36. The van der Waals surface area contributed by atoms with Gasteiger partial charge >= 0.3 is 11.7 Å². The van der Waals surface area contributed by atoms with Crippen LogP contribution in [-0.4, -0.2) is 59.5 Å². The first kappa shape index (κ1) is 32.1. The van der Waals surface area contributed by atoms with Gasteiger partial charge in [0, 0.05) is 29.4 Å². The highest BCUT2D eigenvalue weighted by atomic mass is 16.7. The number of aliphatic hydroxyl groups excluding tert-OH is 1.